The first-order valence-corrected chi connectivity index (χ1v) is 6.94. The van der Waals surface area contributed by atoms with Gasteiger partial charge in [-0.15, -0.1) is 0 Å². The van der Waals surface area contributed by atoms with E-state index in [0.29, 0.717) is 19.6 Å². The summed E-state index contributed by atoms with van der Waals surface area (Å²) >= 11 is 0. The number of ether oxygens (including phenoxy) is 2. The Hall–Kier alpha value is -1.10. The van der Waals surface area contributed by atoms with Gasteiger partial charge < -0.3 is 14.3 Å². The first-order chi connectivity index (χ1) is 8.87. The van der Waals surface area contributed by atoms with Crippen LogP contribution in [0.4, 0.5) is 4.79 Å². The van der Waals surface area contributed by atoms with Gasteiger partial charge in [0.05, 0.1) is 18.7 Å². The number of unbranched alkanes of at least 4 members (excludes halogenated alkanes) is 1. The smallest absolute Gasteiger partial charge is 0.410 e. The van der Waals surface area contributed by atoms with Crippen LogP contribution in [0.3, 0.4) is 0 Å². The molecule has 2 atom stereocenters. The average Bonchev–Trinajstić information content (AvgIpc) is 2.70. The van der Waals surface area contributed by atoms with Crippen molar-refractivity contribution in [2.75, 3.05) is 13.2 Å². The zero-order chi connectivity index (χ0) is 14.5. The van der Waals surface area contributed by atoms with Crippen LogP contribution in [0.5, 0.6) is 0 Å². The topological polar surface area (TPSA) is 55.8 Å². The lowest BCUT2D eigenvalue weighted by atomic mass is 10.2. The van der Waals surface area contributed by atoms with Gasteiger partial charge in [-0.3, -0.25) is 4.90 Å². The van der Waals surface area contributed by atoms with Crippen molar-refractivity contribution in [2.24, 2.45) is 0 Å². The minimum Gasteiger partial charge on any atom is -0.444 e. The molecular formula is C14H25NO4. The van der Waals surface area contributed by atoms with Crippen molar-refractivity contribution >= 4 is 12.4 Å². The molecule has 0 aromatic heterocycles. The standard InChI is InChI=1S/C14H25NO4/c1-5-6-7-18-12-8-11(10-16)15(9-12)13(17)19-14(2,3)4/h10-12H,5-9H2,1-4H3/t11-,12+/m0/s1. The third-order valence-corrected chi connectivity index (χ3v) is 2.94. The molecule has 1 saturated heterocycles. The lowest BCUT2D eigenvalue weighted by Gasteiger charge is -2.26. The largest absolute Gasteiger partial charge is 0.444 e. The van der Waals surface area contributed by atoms with Gasteiger partial charge in [-0.1, -0.05) is 13.3 Å². The van der Waals surface area contributed by atoms with Gasteiger partial charge in [-0.25, -0.2) is 4.79 Å². The molecule has 5 nitrogen and oxygen atoms in total. The summed E-state index contributed by atoms with van der Waals surface area (Å²) in [6.07, 6.45) is 2.92. The Labute approximate surface area is 115 Å². The van der Waals surface area contributed by atoms with Gasteiger partial charge in [0.1, 0.15) is 11.9 Å². The lowest BCUT2D eigenvalue weighted by molar-refractivity contribution is -0.111. The summed E-state index contributed by atoms with van der Waals surface area (Å²) in [5, 5.41) is 0. The highest BCUT2D eigenvalue weighted by molar-refractivity contribution is 5.74. The van der Waals surface area contributed by atoms with Gasteiger partial charge in [-0.2, -0.15) is 0 Å². The first-order valence-electron chi connectivity index (χ1n) is 6.94. The van der Waals surface area contributed by atoms with Crippen LogP contribution in [0.1, 0.15) is 47.0 Å². The third kappa shape index (κ3) is 5.19. The minimum absolute atomic E-state index is 0.0609. The molecule has 0 N–H and O–H groups in total. The van der Waals surface area contributed by atoms with E-state index >= 15 is 0 Å². The van der Waals surface area contributed by atoms with E-state index in [9.17, 15) is 9.59 Å². The molecule has 0 aromatic rings. The number of carbonyl (C=O) groups is 2. The van der Waals surface area contributed by atoms with Crippen molar-refractivity contribution in [3.8, 4) is 0 Å². The number of aldehydes is 1. The van der Waals surface area contributed by atoms with Gasteiger partial charge >= 0.3 is 6.09 Å². The second-order valence-corrected chi connectivity index (χ2v) is 5.92. The summed E-state index contributed by atoms with van der Waals surface area (Å²) in [7, 11) is 0. The van der Waals surface area contributed by atoms with Crippen LogP contribution in [0, 0.1) is 0 Å². The van der Waals surface area contributed by atoms with Crippen LogP contribution < -0.4 is 0 Å². The Bertz CT molecular complexity index is 311. The number of rotatable bonds is 5. The maximum absolute atomic E-state index is 12.0. The molecule has 1 aliphatic heterocycles. The molecule has 1 amide bonds. The molecule has 0 bridgehead atoms. The summed E-state index contributed by atoms with van der Waals surface area (Å²) in [5.41, 5.74) is -0.550. The monoisotopic (exact) mass is 271 g/mol. The van der Waals surface area contributed by atoms with E-state index in [1.807, 2.05) is 20.8 Å². The highest BCUT2D eigenvalue weighted by Gasteiger charge is 2.37. The second-order valence-electron chi connectivity index (χ2n) is 5.92. The van der Waals surface area contributed by atoms with Crippen LogP contribution in [0.15, 0.2) is 0 Å². The fourth-order valence-electron chi connectivity index (χ4n) is 2.00. The van der Waals surface area contributed by atoms with Crippen LogP contribution in [-0.4, -0.2) is 48.2 Å². The average molecular weight is 271 g/mol. The van der Waals surface area contributed by atoms with Crippen molar-refractivity contribution in [2.45, 2.75) is 64.7 Å². The maximum Gasteiger partial charge on any atom is 0.410 e. The Morgan fingerprint density at radius 2 is 2.11 bits per heavy atom. The van der Waals surface area contributed by atoms with E-state index in [1.165, 1.54) is 4.90 Å². The molecule has 0 aliphatic carbocycles. The second kappa shape index (κ2) is 6.89. The SMILES string of the molecule is CCCCO[C@@H]1C[C@@H](C=O)N(C(=O)OC(C)(C)C)C1. The molecule has 1 fully saturated rings. The third-order valence-electron chi connectivity index (χ3n) is 2.94. The number of hydrogen-bond donors (Lipinski definition) is 0. The molecule has 0 saturated carbocycles. The van der Waals surface area contributed by atoms with Gasteiger partial charge in [-0.05, 0) is 27.2 Å². The Morgan fingerprint density at radius 3 is 2.63 bits per heavy atom. The maximum atomic E-state index is 12.0. The van der Waals surface area contributed by atoms with Crippen LogP contribution in [0.2, 0.25) is 0 Å². The van der Waals surface area contributed by atoms with Crippen molar-refractivity contribution < 1.29 is 19.1 Å². The van der Waals surface area contributed by atoms with Crippen LogP contribution in [-0.2, 0) is 14.3 Å². The van der Waals surface area contributed by atoms with Gasteiger partial charge in [0.25, 0.3) is 0 Å². The molecule has 1 rings (SSSR count). The minimum atomic E-state index is -0.550. The van der Waals surface area contributed by atoms with Crippen molar-refractivity contribution in [3.05, 3.63) is 0 Å². The molecule has 1 heterocycles. The van der Waals surface area contributed by atoms with Gasteiger partial charge in [0.15, 0.2) is 0 Å². The summed E-state index contributed by atoms with van der Waals surface area (Å²) in [5.74, 6) is 0. The highest BCUT2D eigenvalue weighted by Crippen LogP contribution is 2.22. The molecule has 5 heteroatoms. The molecule has 0 unspecified atom stereocenters. The fraction of sp³-hybridized carbons (Fsp3) is 0.857. The quantitative estimate of drug-likeness (QED) is 0.569. The summed E-state index contributed by atoms with van der Waals surface area (Å²) < 4.78 is 11.0. The van der Waals surface area contributed by atoms with E-state index in [0.717, 1.165) is 19.1 Å². The predicted molar refractivity (Wildman–Crippen MR) is 72.1 cm³/mol. The summed E-state index contributed by atoms with van der Waals surface area (Å²) in [4.78, 5) is 24.5. The van der Waals surface area contributed by atoms with E-state index < -0.39 is 17.7 Å². The number of amides is 1. The van der Waals surface area contributed by atoms with Crippen LogP contribution >= 0.6 is 0 Å². The molecule has 0 aromatic carbocycles. The normalized spacial score (nSPS) is 23.5. The number of hydrogen-bond acceptors (Lipinski definition) is 4. The highest BCUT2D eigenvalue weighted by atomic mass is 16.6. The number of nitrogens with zero attached hydrogens (tertiary/aromatic N) is 1. The van der Waals surface area contributed by atoms with Crippen molar-refractivity contribution in [1.29, 1.82) is 0 Å². The first kappa shape index (κ1) is 16.0. The van der Waals surface area contributed by atoms with Crippen molar-refractivity contribution in [3.63, 3.8) is 0 Å². The number of likely N-dealkylation sites (tertiary alicyclic amines) is 1. The van der Waals surface area contributed by atoms with E-state index in [1.54, 1.807) is 0 Å². The predicted octanol–water partition coefficient (Wildman–Crippen LogP) is 2.38. The van der Waals surface area contributed by atoms with Gasteiger partial charge in [0, 0.05) is 13.0 Å². The Kier molecular flexibility index (Phi) is 5.79. The Morgan fingerprint density at radius 1 is 1.42 bits per heavy atom. The van der Waals surface area contributed by atoms with Crippen LogP contribution in [0.25, 0.3) is 0 Å². The van der Waals surface area contributed by atoms with Crippen molar-refractivity contribution in [1.82, 2.24) is 4.90 Å². The Balaban J connectivity index is 2.53. The van der Waals surface area contributed by atoms with E-state index in [2.05, 4.69) is 6.92 Å². The summed E-state index contributed by atoms with van der Waals surface area (Å²) in [6.45, 7) is 8.64. The lowest BCUT2D eigenvalue weighted by Crippen LogP contribution is -2.40. The molecular weight excluding hydrogens is 246 g/mol. The van der Waals surface area contributed by atoms with E-state index in [-0.39, 0.29) is 6.10 Å². The molecule has 1 aliphatic rings. The molecule has 19 heavy (non-hydrogen) atoms. The van der Waals surface area contributed by atoms with E-state index in [4.69, 9.17) is 9.47 Å². The zero-order valence-corrected chi connectivity index (χ0v) is 12.3. The summed E-state index contributed by atoms with van der Waals surface area (Å²) in [6, 6.07) is -0.429. The number of carbonyl (C=O) groups excluding carboxylic acids is 2. The molecule has 0 spiro atoms. The van der Waals surface area contributed by atoms with Gasteiger partial charge in [0.2, 0.25) is 0 Å². The zero-order valence-electron chi connectivity index (χ0n) is 12.3. The molecule has 0 radical (unpaired) electrons. The molecule has 110 valence electrons. The fourth-order valence-corrected chi connectivity index (χ4v) is 2.00.